The van der Waals surface area contributed by atoms with Gasteiger partial charge in [-0.2, -0.15) is 0 Å². The Labute approximate surface area is 205 Å². The zero-order valence-electron chi connectivity index (χ0n) is 18.7. The fraction of sp³-hybridized carbons (Fsp3) is 0.148. The summed E-state index contributed by atoms with van der Waals surface area (Å²) in [6.45, 7) is 0. The smallest absolute Gasteiger partial charge is 0.337 e. The second-order valence-corrected chi connectivity index (χ2v) is 9.08. The van der Waals surface area contributed by atoms with Crippen LogP contribution in [0.4, 0.5) is 10.5 Å². The van der Waals surface area contributed by atoms with E-state index < -0.39 is 24.1 Å². The number of anilines is 1. The Morgan fingerprint density at radius 1 is 1.03 bits per heavy atom. The number of hydrogen-bond acceptors (Lipinski definition) is 4. The molecule has 1 unspecified atom stereocenters. The second-order valence-electron chi connectivity index (χ2n) is 8.64. The average molecular weight is 486 g/mol. The van der Waals surface area contributed by atoms with Gasteiger partial charge in [0.15, 0.2) is 0 Å². The molecule has 6 rings (SSSR count). The number of ether oxygens (including phenoxy) is 1. The van der Waals surface area contributed by atoms with Gasteiger partial charge in [-0.05, 0) is 47.5 Å². The largest absolute Gasteiger partial charge is 0.465 e. The van der Waals surface area contributed by atoms with Gasteiger partial charge in [-0.1, -0.05) is 48.0 Å². The normalized spacial score (nSPS) is 19.1. The molecule has 4 aromatic rings. The van der Waals surface area contributed by atoms with E-state index in [0.717, 1.165) is 27.7 Å². The topological polar surface area (TPSA) is 82.7 Å². The van der Waals surface area contributed by atoms with Gasteiger partial charge in [-0.3, -0.25) is 9.69 Å². The number of nitrogens with one attached hydrogen (secondary N) is 1. The molecule has 1 saturated heterocycles. The number of H-pyrrole nitrogens is 1. The fourth-order valence-corrected chi connectivity index (χ4v) is 5.38. The number of carbonyl (C=O) groups excluding carboxylic acids is 3. The molecule has 2 aliphatic rings. The van der Waals surface area contributed by atoms with Gasteiger partial charge in [0.2, 0.25) is 0 Å². The number of halogens is 1. The number of esters is 1. The molecule has 3 amide bonds. The van der Waals surface area contributed by atoms with E-state index in [0.29, 0.717) is 22.7 Å². The van der Waals surface area contributed by atoms with Crippen molar-refractivity contribution < 1.29 is 19.1 Å². The van der Waals surface area contributed by atoms with Gasteiger partial charge in [-0.15, -0.1) is 0 Å². The summed E-state index contributed by atoms with van der Waals surface area (Å²) in [7, 11) is 1.33. The standard InChI is InChI=1S/C27H20ClN3O4/c1-35-26(33)16-11-9-15(10-12-16)24-23-20(19-7-2-3-8-21(19)29-23)14-22-25(32)30(27(34)31(22)24)18-6-4-5-17(28)13-18/h2-13,22,24,29H,14H2,1H3/t22-,24?/m0/s1. The molecule has 0 saturated carbocycles. The highest BCUT2D eigenvalue weighted by Crippen LogP contribution is 2.45. The van der Waals surface area contributed by atoms with Crippen molar-refractivity contribution in [2.75, 3.05) is 12.0 Å². The van der Waals surface area contributed by atoms with E-state index in [1.807, 2.05) is 24.3 Å². The molecule has 1 N–H and O–H groups in total. The zero-order valence-corrected chi connectivity index (χ0v) is 19.5. The third-order valence-corrected chi connectivity index (χ3v) is 7.00. The molecule has 1 fully saturated rings. The van der Waals surface area contributed by atoms with E-state index in [4.69, 9.17) is 16.3 Å². The Balaban J connectivity index is 1.52. The molecule has 3 heterocycles. The number of para-hydroxylation sites is 1. The number of methoxy groups -OCH3 is 1. The molecule has 0 bridgehead atoms. The van der Waals surface area contributed by atoms with Gasteiger partial charge in [0, 0.05) is 28.0 Å². The quantitative estimate of drug-likeness (QED) is 0.323. The average Bonchev–Trinajstić information content (AvgIpc) is 3.37. The van der Waals surface area contributed by atoms with Crippen LogP contribution in [0.15, 0.2) is 72.8 Å². The van der Waals surface area contributed by atoms with E-state index in [2.05, 4.69) is 4.98 Å². The highest BCUT2D eigenvalue weighted by molar-refractivity contribution is 6.31. The summed E-state index contributed by atoms with van der Waals surface area (Å²) < 4.78 is 4.82. The Hall–Kier alpha value is -4.10. The van der Waals surface area contributed by atoms with Crippen LogP contribution >= 0.6 is 11.6 Å². The summed E-state index contributed by atoms with van der Waals surface area (Å²) in [5.41, 5.74) is 4.45. The Morgan fingerprint density at radius 3 is 2.54 bits per heavy atom. The maximum Gasteiger partial charge on any atom is 0.337 e. The van der Waals surface area contributed by atoms with Crippen molar-refractivity contribution in [2.45, 2.75) is 18.5 Å². The summed E-state index contributed by atoms with van der Waals surface area (Å²) >= 11 is 6.16. The number of hydrogen-bond donors (Lipinski definition) is 1. The van der Waals surface area contributed by atoms with Gasteiger partial charge in [-0.25, -0.2) is 14.5 Å². The lowest BCUT2D eigenvalue weighted by atomic mass is 9.88. The van der Waals surface area contributed by atoms with Crippen LogP contribution in [-0.4, -0.2) is 40.9 Å². The monoisotopic (exact) mass is 485 g/mol. The summed E-state index contributed by atoms with van der Waals surface area (Å²) in [6.07, 6.45) is 0.401. The van der Waals surface area contributed by atoms with E-state index in [-0.39, 0.29) is 5.91 Å². The van der Waals surface area contributed by atoms with Gasteiger partial charge < -0.3 is 9.72 Å². The van der Waals surface area contributed by atoms with Gasteiger partial charge in [0.05, 0.1) is 18.4 Å². The number of fused-ring (bicyclic) bond motifs is 4. The Kier molecular flexibility index (Phi) is 4.89. The number of aromatic amines is 1. The SMILES string of the molecule is COC(=O)c1ccc(C2c3[nH]c4ccccc4c3C[C@H]3C(=O)N(c4cccc(Cl)c4)C(=O)N23)cc1. The molecule has 1 aromatic heterocycles. The van der Waals surface area contributed by atoms with Crippen molar-refractivity contribution in [2.24, 2.45) is 0 Å². The van der Waals surface area contributed by atoms with Crippen molar-refractivity contribution in [3.8, 4) is 0 Å². The molecule has 0 radical (unpaired) electrons. The lowest BCUT2D eigenvalue weighted by Gasteiger charge is -2.36. The molecule has 35 heavy (non-hydrogen) atoms. The molecule has 0 aliphatic carbocycles. The summed E-state index contributed by atoms with van der Waals surface area (Å²) in [4.78, 5) is 45.7. The summed E-state index contributed by atoms with van der Waals surface area (Å²) in [6, 6.07) is 20.0. The lowest BCUT2D eigenvalue weighted by Crippen LogP contribution is -2.44. The van der Waals surface area contributed by atoms with Crippen molar-refractivity contribution in [1.82, 2.24) is 9.88 Å². The number of benzene rings is 3. The zero-order chi connectivity index (χ0) is 24.3. The predicted octanol–water partition coefficient (Wildman–Crippen LogP) is 5.09. The first-order valence-electron chi connectivity index (χ1n) is 11.2. The van der Waals surface area contributed by atoms with E-state index in [1.165, 1.54) is 12.0 Å². The molecule has 2 atom stereocenters. The number of aromatic nitrogens is 1. The van der Waals surface area contributed by atoms with E-state index >= 15 is 0 Å². The molecule has 8 heteroatoms. The highest BCUT2D eigenvalue weighted by Gasteiger charge is 2.53. The maximum absolute atomic E-state index is 13.8. The molecule has 0 spiro atoms. The van der Waals surface area contributed by atoms with E-state index in [9.17, 15) is 14.4 Å². The van der Waals surface area contributed by atoms with Crippen molar-refractivity contribution in [1.29, 1.82) is 0 Å². The second kappa shape index (κ2) is 7.99. The Morgan fingerprint density at radius 2 is 1.80 bits per heavy atom. The van der Waals surface area contributed by atoms with Gasteiger partial charge in [0.1, 0.15) is 12.1 Å². The van der Waals surface area contributed by atoms with Crippen LogP contribution in [0.3, 0.4) is 0 Å². The minimum Gasteiger partial charge on any atom is -0.465 e. The van der Waals surface area contributed by atoms with Crippen LogP contribution in [0.5, 0.6) is 0 Å². The third kappa shape index (κ3) is 3.23. The molecular weight excluding hydrogens is 466 g/mol. The maximum atomic E-state index is 13.8. The number of amides is 3. The van der Waals surface area contributed by atoms with Crippen molar-refractivity contribution in [3.05, 3.63) is 100 Å². The number of imide groups is 1. The van der Waals surface area contributed by atoms with Crippen LogP contribution in [0, 0.1) is 0 Å². The minimum absolute atomic E-state index is 0.288. The molecule has 174 valence electrons. The number of carbonyl (C=O) groups is 3. The summed E-state index contributed by atoms with van der Waals surface area (Å²) in [5, 5.41) is 1.47. The molecular formula is C27H20ClN3O4. The number of rotatable bonds is 3. The summed E-state index contributed by atoms with van der Waals surface area (Å²) in [5.74, 6) is -0.728. The number of urea groups is 1. The third-order valence-electron chi connectivity index (χ3n) is 6.76. The predicted molar refractivity (Wildman–Crippen MR) is 132 cm³/mol. The van der Waals surface area contributed by atoms with Gasteiger partial charge in [0.25, 0.3) is 5.91 Å². The van der Waals surface area contributed by atoms with Crippen LogP contribution in [-0.2, 0) is 16.0 Å². The van der Waals surface area contributed by atoms with Gasteiger partial charge >= 0.3 is 12.0 Å². The van der Waals surface area contributed by atoms with E-state index in [1.54, 1.807) is 53.4 Å². The van der Waals surface area contributed by atoms with Crippen LogP contribution in [0.25, 0.3) is 10.9 Å². The first kappa shape index (κ1) is 21.4. The minimum atomic E-state index is -0.668. The first-order chi connectivity index (χ1) is 17.0. The van der Waals surface area contributed by atoms with Crippen molar-refractivity contribution in [3.63, 3.8) is 0 Å². The van der Waals surface area contributed by atoms with Crippen molar-refractivity contribution >= 4 is 46.1 Å². The lowest BCUT2D eigenvalue weighted by molar-refractivity contribution is -0.120. The van der Waals surface area contributed by atoms with Crippen LogP contribution in [0.2, 0.25) is 5.02 Å². The molecule has 2 aliphatic heterocycles. The number of nitrogens with zero attached hydrogens (tertiary/aromatic N) is 2. The van der Waals surface area contributed by atoms with Crippen LogP contribution < -0.4 is 4.90 Å². The van der Waals surface area contributed by atoms with Crippen LogP contribution in [0.1, 0.15) is 33.2 Å². The Bertz CT molecular complexity index is 1510. The molecule has 3 aromatic carbocycles. The first-order valence-corrected chi connectivity index (χ1v) is 11.6. The molecule has 7 nitrogen and oxygen atoms in total. The fourth-order valence-electron chi connectivity index (χ4n) is 5.19. The highest BCUT2D eigenvalue weighted by atomic mass is 35.5.